The number of amides is 1. The standard InChI is InChI=1S/C24H27N3O4/c28-17-24-15-25(14-20-11-18-5-1-2-6-21(18)31-20)12-19(24)13-27(16-24)23(30)8-10-26-9-4-3-7-22(26)29/h1-7,9,11,19,28H,8,10,12-17H2/t19-,24+/m0/s1. The molecule has 2 atom stereocenters. The Labute approximate surface area is 180 Å². The minimum Gasteiger partial charge on any atom is -0.460 e. The van der Waals surface area contributed by atoms with Crippen LogP contribution >= 0.6 is 0 Å². The van der Waals surface area contributed by atoms with Crippen molar-refractivity contribution in [3.8, 4) is 0 Å². The summed E-state index contributed by atoms with van der Waals surface area (Å²) in [6, 6.07) is 15.1. The van der Waals surface area contributed by atoms with E-state index in [1.54, 1.807) is 22.9 Å². The lowest BCUT2D eigenvalue weighted by Gasteiger charge is -2.27. The average molecular weight is 421 g/mol. The number of hydrogen-bond acceptors (Lipinski definition) is 5. The number of likely N-dealkylation sites (tertiary alicyclic amines) is 2. The van der Waals surface area contributed by atoms with Gasteiger partial charge in [0.05, 0.1) is 13.2 Å². The summed E-state index contributed by atoms with van der Waals surface area (Å²) in [5, 5.41) is 11.3. The number of aromatic nitrogens is 1. The maximum Gasteiger partial charge on any atom is 0.250 e. The minimum atomic E-state index is -0.286. The molecule has 1 N–H and O–H groups in total. The number of aliphatic hydroxyl groups excluding tert-OH is 1. The maximum atomic E-state index is 12.8. The number of hydrogen-bond donors (Lipinski definition) is 1. The highest BCUT2D eigenvalue weighted by atomic mass is 16.3. The number of benzene rings is 1. The van der Waals surface area contributed by atoms with Crippen LogP contribution in [0.25, 0.3) is 11.0 Å². The molecular formula is C24H27N3O4. The molecule has 2 aliphatic rings. The van der Waals surface area contributed by atoms with Crippen molar-refractivity contribution in [1.82, 2.24) is 14.4 Å². The molecule has 7 nitrogen and oxygen atoms in total. The van der Waals surface area contributed by atoms with E-state index in [0.29, 0.717) is 32.6 Å². The number of pyridine rings is 1. The van der Waals surface area contributed by atoms with Crippen LogP contribution in [0.2, 0.25) is 0 Å². The van der Waals surface area contributed by atoms with E-state index in [2.05, 4.69) is 11.0 Å². The zero-order valence-electron chi connectivity index (χ0n) is 17.4. The molecule has 1 amide bonds. The van der Waals surface area contributed by atoms with Crippen molar-refractivity contribution in [2.24, 2.45) is 11.3 Å². The molecule has 1 aromatic carbocycles. The normalized spacial score (nSPS) is 23.5. The topological polar surface area (TPSA) is 78.9 Å². The highest BCUT2D eigenvalue weighted by molar-refractivity contribution is 5.77. The number of furan rings is 1. The predicted octanol–water partition coefficient (Wildman–Crippen LogP) is 1.94. The lowest BCUT2D eigenvalue weighted by atomic mass is 9.82. The molecule has 31 heavy (non-hydrogen) atoms. The molecule has 162 valence electrons. The van der Waals surface area contributed by atoms with Crippen LogP contribution in [0.5, 0.6) is 0 Å². The average Bonchev–Trinajstić information content (AvgIpc) is 3.43. The Hall–Kier alpha value is -2.90. The number of carbonyl (C=O) groups is 1. The molecule has 5 rings (SSSR count). The Morgan fingerprint density at radius 3 is 2.74 bits per heavy atom. The zero-order chi connectivity index (χ0) is 21.4. The predicted molar refractivity (Wildman–Crippen MR) is 116 cm³/mol. The van der Waals surface area contributed by atoms with Crippen molar-refractivity contribution in [3.05, 3.63) is 70.8 Å². The summed E-state index contributed by atoms with van der Waals surface area (Å²) in [6.45, 7) is 3.94. The van der Waals surface area contributed by atoms with E-state index in [-0.39, 0.29) is 29.4 Å². The number of rotatable bonds is 6. The third kappa shape index (κ3) is 3.79. The third-order valence-electron chi connectivity index (χ3n) is 6.82. The SMILES string of the molecule is O=C(CCn1ccccc1=O)N1C[C@@H]2CN(Cc3cc4ccccc4o3)C[C@]2(CO)C1. The van der Waals surface area contributed by atoms with Gasteiger partial charge in [0.2, 0.25) is 5.91 Å². The van der Waals surface area contributed by atoms with E-state index in [0.717, 1.165) is 29.8 Å². The van der Waals surface area contributed by atoms with E-state index in [1.165, 1.54) is 6.07 Å². The smallest absolute Gasteiger partial charge is 0.250 e. The molecule has 7 heteroatoms. The Morgan fingerprint density at radius 2 is 1.97 bits per heavy atom. The van der Waals surface area contributed by atoms with E-state index in [4.69, 9.17) is 4.42 Å². The van der Waals surface area contributed by atoms with E-state index in [1.807, 2.05) is 29.2 Å². The van der Waals surface area contributed by atoms with Crippen LogP contribution in [0.4, 0.5) is 0 Å². The van der Waals surface area contributed by atoms with Gasteiger partial charge in [-0.2, -0.15) is 0 Å². The van der Waals surface area contributed by atoms with Gasteiger partial charge in [-0.05, 0) is 24.1 Å². The molecule has 0 radical (unpaired) electrons. The van der Waals surface area contributed by atoms with Crippen LogP contribution in [0.1, 0.15) is 12.2 Å². The number of fused-ring (bicyclic) bond motifs is 2. The van der Waals surface area contributed by atoms with Crippen molar-refractivity contribution in [2.45, 2.75) is 19.5 Å². The van der Waals surface area contributed by atoms with E-state index >= 15 is 0 Å². The van der Waals surface area contributed by atoms with Crippen molar-refractivity contribution in [3.63, 3.8) is 0 Å². The summed E-state index contributed by atoms with van der Waals surface area (Å²) in [7, 11) is 0. The monoisotopic (exact) mass is 421 g/mol. The molecule has 3 aromatic rings. The van der Waals surface area contributed by atoms with Gasteiger partial charge in [-0.25, -0.2) is 0 Å². The second-order valence-corrected chi connectivity index (χ2v) is 8.89. The molecule has 0 aliphatic carbocycles. The first-order chi connectivity index (χ1) is 15.1. The number of aliphatic hydroxyl groups is 1. The van der Waals surface area contributed by atoms with Gasteiger partial charge < -0.3 is 19.0 Å². The second-order valence-electron chi connectivity index (χ2n) is 8.89. The molecule has 4 heterocycles. The van der Waals surface area contributed by atoms with E-state index < -0.39 is 0 Å². The minimum absolute atomic E-state index is 0.0433. The maximum absolute atomic E-state index is 12.8. The molecule has 2 saturated heterocycles. The molecule has 2 fully saturated rings. The zero-order valence-corrected chi connectivity index (χ0v) is 17.4. The Morgan fingerprint density at radius 1 is 1.13 bits per heavy atom. The van der Waals surface area contributed by atoms with Gasteiger partial charge in [-0.15, -0.1) is 0 Å². The summed E-state index contributed by atoms with van der Waals surface area (Å²) in [5.74, 6) is 1.21. The summed E-state index contributed by atoms with van der Waals surface area (Å²) in [4.78, 5) is 28.8. The first kappa shape index (κ1) is 20.0. The fourth-order valence-electron chi connectivity index (χ4n) is 5.18. The molecule has 0 spiro atoms. The van der Waals surface area contributed by atoms with Crippen LogP contribution in [0.15, 0.2) is 63.9 Å². The van der Waals surface area contributed by atoms with Crippen LogP contribution in [-0.4, -0.2) is 58.2 Å². The fraction of sp³-hybridized carbons (Fsp3) is 0.417. The van der Waals surface area contributed by atoms with Gasteiger partial charge in [0.25, 0.3) is 5.56 Å². The molecule has 0 saturated carbocycles. The lowest BCUT2D eigenvalue weighted by Crippen LogP contribution is -2.39. The summed E-state index contributed by atoms with van der Waals surface area (Å²) in [6.07, 6.45) is 2.00. The summed E-state index contributed by atoms with van der Waals surface area (Å²) >= 11 is 0. The molecular weight excluding hydrogens is 394 g/mol. The highest BCUT2D eigenvalue weighted by Crippen LogP contribution is 2.43. The van der Waals surface area contributed by atoms with Gasteiger partial charge in [0, 0.05) is 62.2 Å². The number of aryl methyl sites for hydroxylation is 1. The Kier molecular flexibility index (Phi) is 5.16. The summed E-state index contributed by atoms with van der Waals surface area (Å²) < 4.78 is 7.53. The number of para-hydroxylation sites is 1. The van der Waals surface area contributed by atoms with Crippen LogP contribution < -0.4 is 5.56 Å². The number of nitrogens with zero attached hydrogens (tertiary/aromatic N) is 3. The van der Waals surface area contributed by atoms with Gasteiger partial charge in [0.1, 0.15) is 11.3 Å². The van der Waals surface area contributed by atoms with Gasteiger partial charge in [-0.1, -0.05) is 24.3 Å². The van der Waals surface area contributed by atoms with Gasteiger partial charge in [-0.3, -0.25) is 14.5 Å². The Bertz CT molecular complexity index is 1120. The third-order valence-corrected chi connectivity index (χ3v) is 6.82. The Balaban J connectivity index is 1.21. The van der Waals surface area contributed by atoms with Gasteiger partial charge in [0.15, 0.2) is 0 Å². The largest absolute Gasteiger partial charge is 0.460 e. The number of carbonyl (C=O) groups excluding carboxylic acids is 1. The first-order valence-electron chi connectivity index (χ1n) is 10.8. The van der Waals surface area contributed by atoms with Gasteiger partial charge >= 0.3 is 0 Å². The molecule has 0 unspecified atom stereocenters. The fourth-order valence-corrected chi connectivity index (χ4v) is 5.18. The van der Waals surface area contributed by atoms with Crippen LogP contribution in [-0.2, 0) is 17.9 Å². The quantitative estimate of drug-likeness (QED) is 0.658. The van der Waals surface area contributed by atoms with Crippen LogP contribution in [0, 0.1) is 11.3 Å². The second kappa shape index (κ2) is 7.98. The van der Waals surface area contributed by atoms with E-state index in [9.17, 15) is 14.7 Å². The molecule has 2 aliphatic heterocycles. The summed E-state index contributed by atoms with van der Waals surface area (Å²) in [5.41, 5.74) is 0.510. The molecule has 0 bridgehead atoms. The lowest BCUT2D eigenvalue weighted by molar-refractivity contribution is -0.131. The van der Waals surface area contributed by atoms with Crippen LogP contribution in [0.3, 0.4) is 0 Å². The van der Waals surface area contributed by atoms with Crippen molar-refractivity contribution < 1.29 is 14.3 Å². The first-order valence-corrected chi connectivity index (χ1v) is 10.8. The molecule has 2 aromatic heterocycles. The van der Waals surface area contributed by atoms with Crippen molar-refractivity contribution in [2.75, 3.05) is 32.8 Å². The highest BCUT2D eigenvalue weighted by Gasteiger charge is 2.53. The van der Waals surface area contributed by atoms with Crippen molar-refractivity contribution >= 4 is 16.9 Å². The van der Waals surface area contributed by atoms with Crippen molar-refractivity contribution in [1.29, 1.82) is 0 Å².